The maximum atomic E-state index is 5.87. The summed E-state index contributed by atoms with van der Waals surface area (Å²) in [6.45, 7) is 5.43. The van der Waals surface area contributed by atoms with E-state index in [1.165, 1.54) is 24.9 Å². The first kappa shape index (κ1) is 18.7. The van der Waals surface area contributed by atoms with Crippen LogP contribution in [0.3, 0.4) is 0 Å². The van der Waals surface area contributed by atoms with Gasteiger partial charge >= 0.3 is 0 Å². The van der Waals surface area contributed by atoms with E-state index < -0.39 is 0 Å². The second-order valence-electron chi connectivity index (χ2n) is 5.33. The number of piperidine rings is 1. The molecule has 0 aliphatic carbocycles. The molecule has 2 N–H and O–H groups in total. The lowest BCUT2D eigenvalue weighted by atomic mass is 9.92. The molecule has 0 spiro atoms. The molecule has 2 atom stereocenters. The van der Waals surface area contributed by atoms with E-state index >= 15 is 0 Å². The lowest BCUT2D eigenvalue weighted by Gasteiger charge is -2.37. The van der Waals surface area contributed by atoms with E-state index in [9.17, 15) is 0 Å². The fourth-order valence-electron chi connectivity index (χ4n) is 2.71. The number of rotatable bonds is 4. The van der Waals surface area contributed by atoms with Crippen molar-refractivity contribution in [3.63, 3.8) is 0 Å². The molecule has 19 heavy (non-hydrogen) atoms. The average Bonchev–Trinajstić information content (AvgIpc) is 2.73. The molecule has 1 aliphatic rings. The van der Waals surface area contributed by atoms with Gasteiger partial charge in [0.05, 0.1) is 6.20 Å². The van der Waals surface area contributed by atoms with Crippen LogP contribution in [0.5, 0.6) is 0 Å². The molecule has 0 amide bonds. The van der Waals surface area contributed by atoms with Gasteiger partial charge in [-0.25, -0.2) is 0 Å². The quantitative estimate of drug-likeness (QED) is 0.923. The second-order valence-corrected chi connectivity index (χ2v) is 5.33. The molecule has 4 nitrogen and oxygen atoms in total. The topological polar surface area (TPSA) is 47.1 Å². The van der Waals surface area contributed by atoms with Crippen LogP contribution in [0.4, 0.5) is 0 Å². The Kier molecular flexibility index (Phi) is 8.66. The third kappa shape index (κ3) is 5.30. The van der Waals surface area contributed by atoms with Crippen LogP contribution in [0, 0.1) is 5.92 Å². The van der Waals surface area contributed by atoms with Gasteiger partial charge in [-0.15, -0.1) is 24.8 Å². The largest absolute Gasteiger partial charge is 0.329 e. The fourth-order valence-corrected chi connectivity index (χ4v) is 2.71. The first-order valence-corrected chi connectivity index (χ1v) is 6.60. The molecule has 0 bridgehead atoms. The molecule has 1 aromatic rings. The van der Waals surface area contributed by atoms with E-state index in [0.29, 0.717) is 6.04 Å². The van der Waals surface area contributed by atoms with Crippen molar-refractivity contribution in [3.05, 3.63) is 18.0 Å². The van der Waals surface area contributed by atoms with E-state index in [-0.39, 0.29) is 24.8 Å². The predicted octanol–water partition coefficient (Wildman–Crippen LogP) is 1.87. The van der Waals surface area contributed by atoms with Gasteiger partial charge in [0.2, 0.25) is 0 Å². The number of hydrogen-bond acceptors (Lipinski definition) is 3. The minimum atomic E-state index is 0. The van der Waals surface area contributed by atoms with Gasteiger partial charge in [0.1, 0.15) is 0 Å². The van der Waals surface area contributed by atoms with Gasteiger partial charge in [0.15, 0.2) is 0 Å². The van der Waals surface area contributed by atoms with Gasteiger partial charge in [-0.3, -0.25) is 9.58 Å². The van der Waals surface area contributed by atoms with Crippen LogP contribution in [0.15, 0.2) is 12.4 Å². The number of nitrogens with two attached hydrogens (primary N) is 1. The van der Waals surface area contributed by atoms with Gasteiger partial charge in [-0.1, -0.05) is 6.92 Å². The lowest BCUT2D eigenvalue weighted by Crippen LogP contribution is -2.46. The SMILES string of the molecule is CC1CCN(CCc2cnn(C)c2)C(CN)C1.Cl.Cl. The Morgan fingerprint density at radius 2 is 2.16 bits per heavy atom. The highest BCUT2D eigenvalue weighted by atomic mass is 35.5. The van der Waals surface area contributed by atoms with Crippen LogP contribution < -0.4 is 5.73 Å². The highest BCUT2D eigenvalue weighted by Gasteiger charge is 2.24. The molecule has 0 radical (unpaired) electrons. The summed E-state index contributed by atoms with van der Waals surface area (Å²) in [5.41, 5.74) is 7.19. The molecule has 2 heterocycles. The van der Waals surface area contributed by atoms with Gasteiger partial charge in [-0.2, -0.15) is 5.10 Å². The zero-order chi connectivity index (χ0) is 12.3. The van der Waals surface area contributed by atoms with Crippen LogP contribution in [-0.4, -0.2) is 40.4 Å². The maximum Gasteiger partial charge on any atom is 0.0522 e. The molecule has 0 saturated carbocycles. The van der Waals surface area contributed by atoms with Crippen LogP contribution in [0.1, 0.15) is 25.3 Å². The zero-order valence-corrected chi connectivity index (χ0v) is 13.4. The van der Waals surface area contributed by atoms with Gasteiger partial charge < -0.3 is 5.73 Å². The molecule has 1 saturated heterocycles. The normalized spacial score (nSPS) is 23.5. The molecule has 0 aromatic carbocycles. The average molecular weight is 309 g/mol. The number of hydrogen-bond donors (Lipinski definition) is 1. The van der Waals surface area contributed by atoms with Gasteiger partial charge in [-0.05, 0) is 37.3 Å². The van der Waals surface area contributed by atoms with Crippen molar-refractivity contribution in [2.75, 3.05) is 19.6 Å². The molecule has 112 valence electrons. The van der Waals surface area contributed by atoms with Crippen LogP contribution in [0.25, 0.3) is 0 Å². The second kappa shape index (κ2) is 8.80. The monoisotopic (exact) mass is 308 g/mol. The minimum Gasteiger partial charge on any atom is -0.329 e. The molecule has 1 fully saturated rings. The van der Waals surface area contributed by atoms with Crippen molar-refractivity contribution in [2.45, 2.75) is 32.2 Å². The molecule has 1 aromatic heterocycles. The van der Waals surface area contributed by atoms with Crippen molar-refractivity contribution < 1.29 is 0 Å². The molecule has 2 rings (SSSR count). The number of likely N-dealkylation sites (tertiary alicyclic amines) is 1. The first-order valence-electron chi connectivity index (χ1n) is 6.60. The lowest BCUT2D eigenvalue weighted by molar-refractivity contribution is 0.124. The fraction of sp³-hybridized carbons (Fsp3) is 0.769. The van der Waals surface area contributed by atoms with Crippen molar-refractivity contribution >= 4 is 24.8 Å². The molecular formula is C13H26Cl2N4. The van der Waals surface area contributed by atoms with Crippen molar-refractivity contribution in [2.24, 2.45) is 18.7 Å². The van der Waals surface area contributed by atoms with Crippen molar-refractivity contribution in [1.82, 2.24) is 14.7 Å². The summed E-state index contributed by atoms with van der Waals surface area (Å²) in [7, 11) is 1.97. The number of nitrogens with zero attached hydrogens (tertiary/aromatic N) is 3. The third-order valence-electron chi connectivity index (χ3n) is 3.82. The minimum absolute atomic E-state index is 0. The summed E-state index contributed by atoms with van der Waals surface area (Å²) in [6.07, 6.45) is 7.71. The highest BCUT2D eigenvalue weighted by molar-refractivity contribution is 5.85. The Morgan fingerprint density at radius 3 is 2.74 bits per heavy atom. The molecule has 6 heteroatoms. The summed E-state index contributed by atoms with van der Waals surface area (Å²) in [6, 6.07) is 0.579. The summed E-state index contributed by atoms with van der Waals surface area (Å²) in [4.78, 5) is 2.55. The Balaban J connectivity index is 0.00000162. The Hall–Kier alpha value is -0.290. The number of aryl methyl sites for hydroxylation is 1. The van der Waals surface area contributed by atoms with Crippen LogP contribution >= 0.6 is 24.8 Å². The van der Waals surface area contributed by atoms with E-state index in [4.69, 9.17) is 5.73 Å². The van der Waals surface area contributed by atoms with Gasteiger partial charge in [0.25, 0.3) is 0 Å². The zero-order valence-electron chi connectivity index (χ0n) is 11.8. The van der Waals surface area contributed by atoms with Crippen LogP contribution in [0.2, 0.25) is 0 Å². The maximum absolute atomic E-state index is 5.87. The molecule has 1 aliphatic heterocycles. The third-order valence-corrected chi connectivity index (χ3v) is 3.82. The van der Waals surface area contributed by atoms with Crippen molar-refractivity contribution in [1.29, 1.82) is 0 Å². The summed E-state index contributed by atoms with van der Waals surface area (Å²) in [5, 5.41) is 4.21. The number of aromatic nitrogens is 2. The Bertz CT molecular complexity index is 356. The summed E-state index contributed by atoms with van der Waals surface area (Å²) < 4.78 is 1.87. The highest BCUT2D eigenvalue weighted by Crippen LogP contribution is 2.21. The van der Waals surface area contributed by atoms with Gasteiger partial charge in [0, 0.05) is 32.4 Å². The Labute approximate surface area is 128 Å². The summed E-state index contributed by atoms with van der Waals surface area (Å²) in [5.74, 6) is 0.832. The van der Waals surface area contributed by atoms with E-state index in [1.807, 2.05) is 17.9 Å². The molecular weight excluding hydrogens is 283 g/mol. The van der Waals surface area contributed by atoms with E-state index in [0.717, 1.165) is 25.4 Å². The van der Waals surface area contributed by atoms with Crippen LogP contribution in [-0.2, 0) is 13.5 Å². The Morgan fingerprint density at radius 1 is 1.42 bits per heavy atom. The molecule has 2 unspecified atom stereocenters. The smallest absolute Gasteiger partial charge is 0.0522 e. The first-order chi connectivity index (χ1) is 8.19. The van der Waals surface area contributed by atoms with E-state index in [1.54, 1.807) is 0 Å². The summed E-state index contributed by atoms with van der Waals surface area (Å²) >= 11 is 0. The van der Waals surface area contributed by atoms with Crippen molar-refractivity contribution in [3.8, 4) is 0 Å². The standard InChI is InChI=1S/C13H24N4.2ClH/c1-11-3-5-17(13(7-11)8-14)6-4-12-9-15-16(2)10-12;;/h9-11,13H,3-8,14H2,1-2H3;2*1H. The number of halogens is 2. The van der Waals surface area contributed by atoms with E-state index in [2.05, 4.69) is 23.1 Å². The predicted molar refractivity (Wildman–Crippen MR) is 84.2 cm³/mol.